The lowest BCUT2D eigenvalue weighted by atomic mass is 9.83. The SMILES string of the molecule is CC(C)Oc1c(N2CCC2)nc2ccc([C@@](O)(c3ccc(C(F)(F)F)nc3)c3cncn3C)cc2c1Cl. The summed E-state index contributed by atoms with van der Waals surface area (Å²) in [5, 5.41) is 13.0. The van der Waals surface area contributed by atoms with Crippen molar-refractivity contribution >= 4 is 28.3 Å². The van der Waals surface area contributed by atoms with Gasteiger partial charge in [-0.1, -0.05) is 23.7 Å². The molecule has 11 heteroatoms. The van der Waals surface area contributed by atoms with E-state index in [1.54, 1.807) is 29.8 Å². The second-order valence-corrected chi connectivity index (χ2v) is 9.73. The molecule has 4 aromatic rings. The van der Waals surface area contributed by atoms with Crippen LogP contribution in [0.4, 0.5) is 19.0 Å². The van der Waals surface area contributed by atoms with Gasteiger partial charge in [0, 0.05) is 37.3 Å². The van der Waals surface area contributed by atoms with Crippen LogP contribution in [0.3, 0.4) is 0 Å². The first kappa shape index (κ1) is 25.3. The Kier molecular flexibility index (Phi) is 6.27. The zero-order chi connectivity index (χ0) is 26.5. The predicted molar refractivity (Wildman–Crippen MR) is 134 cm³/mol. The molecule has 3 aromatic heterocycles. The number of aliphatic hydroxyl groups is 1. The number of anilines is 1. The molecule has 0 bridgehead atoms. The fourth-order valence-electron chi connectivity index (χ4n) is 4.45. The van der Waals surface area contributed by atoms with Gasteiger partial charge in [0.2, 0.25) is 0 Å². The van der Waals surface area contributed by atoms with Crippen LogP contribution in [-0.4, -0.2) is 43.8 Å². The van der Waals surface area contributed by atoms with Crippen LogP contribution in [0.5, 0.6) is 5.75 Å². The van der Waals surface area contributed by atoms with Gasteiger partial charge in [-0.25, -0.2) is 9.97 Å². The van der Waals surface area contributed by atoms with Crippen LogP contribution in [-0.2, 0) is 18.8 Å². The number of benzene rings is 1. The fraction of sp³-hybridized carbons (Fsp3) is 0.346. The molecule has 0 amide bonds. The minimum atomic E-state index is -4.60. The van der Waals surface area contributed by atoms with E-state index in [1.807, 2.05) is 13.8 Å². The summed E-state index contributed by atoms with van der Waals surface area (Å²) in [7, 11) is 1.69. The molecule has 1 atom stereocenters. The highest BCUT2D eigenvalue weighted by molar-refractivity contribution is 6.37. The lowest BCUT2D eigenvalue weighted by Gasteiger charge is -2.34. The van der Waals surface area contributed by atoms with Crippen molar-refractivity contribution in [1.82, 2.24) is 19.5 Å². The predicted octanol–water partition coefficient (Wildman–Crippen LogP) is 5.32. The summed E-state index contributed by atoms with van der Waals surface area (Å²) in [6.45, 7) is 5.50. The molecular formula is C26H25ClF3N5O2. The summed E-state index contributed by atoms with van der Waals surface area (Å²) in [6, 6.07) is 7.16. The number of fused-ring (bicyclic) bond motifs is 1. The Hall–Kier alpha value is -3.37. The molecule has 1 fully saturated rings. The fourth-order valence-corrected chi connectivity index (χ4v) is 4.73. The maximum Gasteiger partial charge on any atom is 0.433 e. The van der Waals surface area contributed by atoms with Crippen LogP contribution < -0.4 is 9.64 Å². The van der Waals surface area contributed by atoms with Gasteiger partial charge >= 0.3 is 6.18 Å². The van der Waals surface area contributed by atoms with E-state index >= 15 is 0 Å². The van der Waals surface area contributed by atoms with Gasteiger partial charge in [-0.15, -0.1) is 0 Å². The van der Waals surface area contributed by atoms with E-state index in [-0.39, 0.29) is 11.7 Å². The third-order valence-electron chi connectivity index (χ3n) is 6.45. The molecule has 0 unspecified atom stereocenters. The molecule has 4 heterocycles. The average molecular weight is 532 g/mol. The molecular weight excluding hydrogens is 507 g/mol. The quantitative estimate of drug-likeness (QED) is 0.363. The molecule has 37 heavy (non-hydrogen) atoms. The Morgan fingerprint density at radius 1 is 1.08 bits per heavy atom. The van der Waals surface area contributed by atoms with Gasteiger partial charge in [-0.3, -0.25) is 4.98 Å². The molecule has 7 nitrogen and oxygen atoms in total. The number of pyridine rings is 2. The number of ether oxygens (including phenoxy) is 1. The first-order valence-corrected chi connectivity index (χ1v) is 12.2. The largest absolute Gasteiger partial charge is 0.486 e. The van der Waals surface area contributed by atoms with Gasteiger partial charge in [0.25, 0.3) is 0 Å². The smallest absolute Gasteiger partial charge is 0.433 e. The minimum Gasteiger partial charge on any atom is -0.486 e. The highest BCUT2D eigenvalue weighted by Gasteiger charge is 2.39. The Labute approximate surface area is 216 Å². The average Bonchev–Trinajstić information content (AvgIpc) is 3.25. The molecule has 0 aliphatic carbocycles. The second-order valence-electron chi connectivity index (χ2n) is 9.35. The number of alkyl halides is 3. The summed E-state index contributed by atoms with van der Waals surface area (Å²) in [4.78, 5) is 14.6. The van der Waals surface area contributed by atoms with Crippen molar-refractivity contribution in [2.45, 2.75) is 38.1 Å². The molecule has 1 aliphatic rings. The van der Waals surface area contributed by atoms with Crippen molar-refractivity contribution in [3.63, 3.8) is 0 Å². The maximum atomic E-state index is 13.2. The number of aryl methyl sites for hydroxylation is 1. The number of aromatic nitrogens is 4. The number of hydrogen-bond acceptors (Lipinski definition) is 6. The highest BCUT2D eigenvalue weighted by atomic mass is 35.5. The van der Waals surface area contributed by atoms with Gasteiger partial charge in [-0.2, -0.15) is 13.2 Å². The Bertz CT molecular complexity index is 1450. The number of nitrogens with zero attached hydrogens (tertiary/aromatic N) is 5. The van der Waals surface area contributed by atoms with Crippen molar-refractivity contribution in [2.24, 2.45) is 7.05 Å². The lowest BCUT2D eigenvalue weighted by Crippen LogP contribution is -2.38. The normalized spacial score (nSPS) is 15.6. The molecule has 1 N–H and O–H groups in total. The summed E-state index contributed by atoms with van der Waals surface area (Å²) in [5.74, 6) is 1.13. The Morgan fingerprint density at radius 2 is 1.81 bits per heavy atom. The van der Waals surface area contributed by atoms with Crippen LogP contribution in [0.2, 0.25) is 5.02 Å². The third-order valence-corrected chi connectivity index (χ3v) is 6.82. The van der Waals surface area contributed by atoms with Crippen molar-refractivity contribution in [3.05, 3.63) is 76.6 Å². The monoisotopic (exact) mass is 531 g/mol. The number of hydrogen-bond donors (Lipinski definition) is 1. The topological polar surface area (TPSA) is 76.3 Å². The van der Waals surface area contributed by atoms with Crippen molar-refractivity contribution in [1.29, 1.82) is 0 Å². The molecule has 5 rings (SSSR count). The van der Waals surface area contributed by atoms with Crippen LogP contribution in [0, 0.1) is 0 Å². The maximum absolute atomic E-state index is 13.2. The highest BCUT2D eigenvalue weighted by Crippen LogP contribution is 2.44. The zero-order valence-corrected chi connectivity index (χ0v) is 21.2. The Balaban J connectivity index is 1.71. The number of halogens is 4. The summed E-state index contributed by atoms with van der Waals surface area (Å²) in [5.41, 5.74) is -1.49. The zero-order valence-electron chi connectivity index (χ0n) is 20.4. The summed E-state index contributed by atoms with van der Waals surface area (Å²) in [6.07, 6.45) is 0.288. The van der Waals surface area contributed by atoms with Gasteiger partial charge in [0.05, 0.1) is 34.9 Å². The van der Waals surface area contributed by atoms with E-state index in [2.05, 4.69) is 14.9 Å². The van der Waals surface area contributed by atoms with E-state index in [0.29, 0.717) is 38.8 Å². The standard InChI is InChI=1S/C26H25ClF3N5O2/c1-15(2)37-23-22(27)18-11-16(5-7-19(18)33-24(23)35-9-4-10-35)25(36,21-13-31-14-34(21)3)17-6-8-20(32-12-17)26(28,29)30/h5-8,11-15,36H,4,9-10H2,1-3H3/t25-/m1/s1. The molecule has 1 saturated heterocycles. The first-order valence-electron chi connectivity index (χ1n) is 11.8. The van der Waals surface area contributed by atoms with Crippen LogP contribution in [0.1, 0.15) is 42.8 Å². The number of imidazole rings is 1. The molecule has 0 radical (unpaired) electrons. The van der Waals surface area contributed by atoms with Gasteiger partial charge in [-0.05, 0) is 44.0 Å². The summed E-state index contributed by atoms with van der Waals surface area (Å²) < 4.78 is 47.2. The summed E-state index contributed by atoms with van der Waals surface area (Å²) >= 11 is 6.88. The Morgan fingerprint density at radius 3 is 2.35 bits per heavy atom. The molecule has 0 saturated carbocycles. The lowest BCUT2D eigenvalue weighted by molar-refractivity contribution is -0.141. The molecule has 1 aliphatic heterocycles. The molecule has 1 aromatic carbocycles. The van der Waals surface area contributed by atoms with Gasteiger partial charge < -0.3 is 19.3 Å². The van der Waals surface area contributed by atoms with E-state index in [4.69, 9.17) is 21.3 Å². The minimum absolute atomic E-state index is 0.142. The van der Waals surface area contributed by atoms with E-state index in [0.717, 1.165) is 31.8 Å². The molecule has 194 valence electrons. The first-order chi connectivity index (χ1) is 17.5. The van der Waals surface area contributed by atoms with E-state index < -0.39 is 17.5 Å². The van der Waals surface area contributed by atoms with Gasteiger partial charge in [0.15, 0.2) is 17.2 Å². The van der Waals surface area contributed by atoms with Crippen molar-refractivity contribution in [3.8, 4) is 5.75 Å². The number of rotatable bonds is 6. The van der Waals surface area contributed by atoms with Gasteiger partial charge in [0.1, 0.15) is 5.69 Å². The molecule has 0 spiro atoms. The van der Waals surface area contributed by atoms with E-state index in [9.17, 15) is 18.3 Å². The second kappa shape index (κ2) is 9.18. The van der Waals surface area contributed by atoms with Crippen LogP contribution >= 0.6 is 11.6 Å². The van der Waals surface area contributed by atoms with Crippen LogP contribution in [0.25, 0.3) is 10.9 Å². The van der Waals surface area contributed by atoms with Crippen LogP contribution in [0.15, 0.2) is 49.1 Å². The third kappa shape index (κ3) is 4.38. The van der Waals surface area contributed by atoms with E-state index in [1.165, 1.54) is 18.6 Å². The van der Waals surface area contributed by atoms with Crippen molar-refractivity contribution < 1.29 is 23.0 Å². The van der Waals surface area contributed by atoms with Crippen molar-refractivity contribution in [2.75, 3.05) is 18.0 Å².